The van der Waals surface area contributed by atoms with E-state index in [-0.39, 0.29) is 5.78 Å². The highest BCUT2D eigenvalue weighted by Crippen LogP contribution is 2.23. The second-order valence-electron chi connectivity index (χ2n) is 4.50. The molecule has 0 unspecified atom stereocenters. The van der Waals surface area contributed by atoms with Crippen molar-refractivity contribution in [1.29, 1.82) is 0 Å². The lowest BCUT2D eigenvalue weighted by molar-refractivity contribution is 0.101. The zero-order chi connectivity index (χ0) is 11.7. The molecule has 0 amide bonds. The van der Waals surface area contributed by atoms with Gasteiger partial charge in [-0.05, 0) is 55.0 Å². The first-order valence-corrected chi connectivity index (χ1v) is 6.04. The van der Waals surface area contributed by atoms with Gasteiger partial charge in [-0.15, -0.1) is 0 Å². The Hall–Kier alpha value is -1.83. The zero-order valence-corrected chi connectivity index (χ0v) is 9.61. The SMILES string of the molecule is O=C(c1ccc2c(c1)CCCC2)c1ccco1. The van der Waals surface area contributed by atoms with Gasteiger partial charge in [-0.25, -0.2) is 0 Å². The van der Waals surface area contributed by atoms with Crippen LogP contribution in [0.1, 0.15) is 40.1 Å². The Morgan fingerprint density at radius 1 is 1.06 bits per heavy atom. The first kappa shape index (κ1) is 10.3. The molecule has 2 heteroatoms. The van der Waals surface area contributed by atoms with Crippen LogP contribution in [0.15, 0.2) is 41.0 Å². The van der Waals surface area contributed by atoms with Crippen molar-refractivity contribution < 1.29 is 9.21 Å². The number of carbonyl (C=O) groups excluding carboxylic acids is 1. The highest BCUT2D eigenvalue weighted by atomic mass is 16.3. The Labute approximate surface area is 100 Å². The van der Waals surface area contributed by atoms with Crippen LogP contribution in [0, 0.1) is 0 Å². The molecule has 1 aliphatic rings. The van der Waals surface area contributed by atoms with E-state index in [2.05, 4.69) is 6.07 Å². The maximum absolute atomic E-state index is 12.1. The molecule has 2 aromatic rings. The van der Waals surface area contributed by atoms with Gasteiger partial charge in [0.2, 0.25) is 5.78 Å². The molecule has 1 heterocycles. The van der Waals surface area contributed by atoms with Crippen LogP contribution in [0.2, 0.25) is 0 Å². The number of hydrogen-bond donors (Lipinski definition) is 0. The van der Waals surface area contributed by atoms with E-state index in [1.54, 1.807) is 12.1 Å². The third-order valence-corrected chi connectivity index (χ3v) is 3.36. The van der Waals surface area contributed by atoms with E-state index < -0.39 is 0 Å². The van der Waals surface area contributed by atoms with Gasteiger partial charge in [0.25, 0.3) is 0 Å². The van der Waals surface area contributed by atoms with E-state index >= 15 is 0 Å². The highest BCUT2D eigenvalue weighted by Gasteiger charge is 2.15. The molecule has 17 heavy (non-hydrogen) atoms. The summed E-state index contributed by atoms with van der Waals surface area (Å²) in [4.78, 5) is 12.1. The van der Waals surface area contributed by atoms with Crippen molar-refractivity contribution in [3.8, 4) is 0 Å². The molecule has 0 atom stereocenters. The molecular weight excluding hydrogens is 212 g/mol. The van der Waals surface area contributed by atoms with E-state index in [1.165, 1.54) is 30.2 Å². The predicted molar refractivity (Wildman–Crippen MR) is 65.2 cm³/mol. The minimum Gasteiger partial charge on any atom is -0.461 e. The molecule has 0 N–H and O–H groups in total. The summed E-state index contributed by atoms with van der Waals surface area (Å²) in [6.07, 6.45) is 6.26. The number of furan rings is 1. The molecule has 0 aliphatic heterocycles. The van der Waals surface area contributed by atoms with Crippen LogP contribution in [0.3, 0.4) is 0 Å². The van der Waals surface area contributed by atoms with Crippen molar-refractivity contribution in [3.63, 3.8) is 0 Å². The van der Waals surface area contributed by atoms with Gasteiger partial charge in [0.1, 0.15) is 0 Å². The number of fused-ring (bicyclic) bond motifs is 1. The van der Waals surface area contributed by atoms with Crippen LogP contribution in [0.5, 0.6) is 0 Å². The first-order chi connectivity index (χ1) is 8.34. The minimum atomic E-state index is -0.0247. The summed E-state index contributed by atoms with van der Waals surface area (Å²) < 4.78 is 5.14. The number of ketones is 1. The maximum atomic E-state index is 12.1. The van der Waals surface area contributed by atoms with Crippen LogP contribution in [-0.4, -0.2) is 5.78 Å². The molecule has 0 radical (unpaired) electrons. The molecular formula is C15H14O2. The summed E-state index contributed by atoms with van der Waals surface area (Å²) >= 11 is 0. The predicted octanol–water partition coefficient (Wildman–Crippen LogP) is 3.39. The molecule has 0 bridgehead atoms. The van der Waals surface area contributed by atoms with Gasteiger partial charge in [-0.2, -0.15) is 0 Å². The molecule has 86 valence electrons. The standard InChI is InChI=1S/C15H14O2/c16-15(14-6-3-9-17-14)13-8-7-11-4-1-2-5-12(11)10-13/h3,6-10H,1-2,4-5H2. The quantitative estimate of drug-likeness (QED) is 0.735. The van der Waals surface area contributed by atoms with Crippen LogP contribution < -0.4 is 0 Å². The summed E-state index contributed by atoms with van der Waals surface area (Å²) in [5.74, 6) is 0.393. The molecule has 2 nitrogen and oxygen atoms in total. The number of hydrogen-bond acceptors (Lipinski definition) is 2. The first-order valence-electron chi connectivity index (χ1n) is 6.04. The van der Waals surface area contributed by atoms with Crippen molar-refractivity contribution >= 4 is 5.78 Å². The Morgan fingerprint density at radius 3 is 2.65 bits per heavy atom. The van der Waals surface area contributed by atoms with E-state index in [1.807, 2.05) is 12.1 Å². The van der Waals surface area contributed by atoms with Crippen LogP contribution >= 0.6 is 0 Å². The fourth-order valence-corrected chi connectivity index (χ4v) is 2.42. The van der Waals surface area contributed by atoms with E-state index in [4.69, 9.17) is 4.42 Å². The molecule has 0 fully saturated rings. The van der Waals surface area contributed by atoms with E-state index in [9.17, 15) is 4.79 Å². The largest absolute Gasteiger partial charge is 0.461 e. The normalized spacial score (nSPS) is 14.4. The molecule has 1 aromatic heterocycles. The van der Waals surface area contributed by atoms with Gasteiger partial charge in [-0.3, -0.25) is 4.79 Å². The fourth-order valence-electron chi connectivity index (χ4n) is 2.42. The lowest BCUT2D eigenvalue weighted by Crippen LogP contribution is -2.06. The van der Waals surface area contributed by atoms with E-state index in [0.29, 0.717) is 5.76 Å². The number of carbonyl (C=O) groups is 1. The zero-order valence-electron chi connectivity index (χ0n) is 9.61. The summed E-state index contributed by atoms with van der Waals surface area (Å²) in [6.45, 7) is 0. The van der Waals surface area contributed by atoms with Gasteiger partial charge in [-0.1, -0.05) is 12.1 Å². The molecule has 1 aliphatic carbocycles. The third-order valence-electron chi connectivity index (χ3n) is 3.36. The average molecular weight is 226 g/mol. The monoisotopic (exact) mass is 226 g/mol. The lowest BCUT2D eigenvalue weighted by atomic mass is 9.89. The van der Waals surface area contributed by atoms with E-state index in [0.717, 1.165) is 18.4 Å². The van der Waals surface area contributed by atoms with Gasteiger partial charge in [0.05, 0.1) is 6.26 Å². The smallest absolute Gasteiger partial charge is 0.228 e. The van der Waals surface area contributed by atoms with Gasteiger partial charge < -0.3 is 4.42 Å². The minimum absolute atomic E-state index is 0.0247. The van der Waals surface area contributed by atoms with Crippen molar-refractivity contribution in [2.24, 2.45) is 0 Å². The average Bonchev–Trinajstić information content (AvgIpc) is 2.91. The number of benzene rings is 1. The summed E-state index contributed by atoms with van der Waals surface area (Å²) in [6, 6.07) is 9.48. The Morgan fingerprint density at radius 2 is 1.88 bits per heavy atom. The number of aryl methyl sites for hydroxylation is 2. The fraction of sp³-hybridized carbons (Fsp3) is 0.267. The Balaban J connectivity index is 1.96. The summed E-state index contributed by atoms with van der Waals surface area (Å²) in [5, 5.41) is 0. The summed E-state index contributed by atoms with van der Waals surface area (Å²) in [5.41, 5.74) is 3.46. The Kier molecular flexibility index (Phi) is 2.56. The topological polar surface area (TPSA) is 30.2 Å². The van der Waals surface area contributed by atoms with Gasteiger partial charge >= 0.3 is 0 Å². The van der Waals surface area contributed by atoms with Crippen LogP contribution in [-0.2, 0) is 12.8 Å². The Bertz CT molecular complexity index is 538. The lowest BCUT2D eigenvalue weighted by Gasteiger charge is -2.15. The summed E-state index contributed by atoms with van der Waals surface area (Å²) in [7, 11) is 0. The molecule has 0 saturated heterocycles. The van der Waals surface area contributed by atoms with Crippen LogP contribution in [0.25, 0.3) is 0 Å². The van der Waals surface area contributed by atoms with Crippen LogP contribution in [0.4, 0.5) is 0 Å². The molecule has 0 spiro atoms. The van der Waals surface area contributed by atoms with Crippen molar-refractivity contribution in [1.82, 2.24) is 0 Å². The number of rotatable bonds is 2. The van der Waals surface area contributed by atoms with Gasteiger partial charge in [0, 0.05) is 5.56 Å². The van der Waals surface area contributed by atoms with Crippen molar-refractivity contribution in [3.05, 3.63) is 59.0 Å². The molecule has 1 aromatic carbocycles. The van der Waals surface area contributed by atoms with Crippen molar-refractivity contribution in [2.45, 2.75) is 25.7 Å². The third kappa shape index (κ3) is 1.91. The molecule has 0 saturated carbocycles. The second-order valence-corrected chi connectivity index (χ2v) is 4.50. The highest BCUT2D eigenvalue weighted by molar-refractivity contribution is 6.07. The van der Waals surface area contributed by atoms with Crippen molar-refractivity contribution in [2.75, 3.05) is 0 Å². The second kappa shape index (κ2) is 4.21. The van der Waals surface area contributed by atoms with Gasteiger partial charge in [0.15, 0.2) is 5.76 Å². The molecule has 3 rings (SSSR count). The maximum Gasteiger partial charge on any atom is 0.228 e.